The van der Waals surface area contributed by atoms with Crippen LogP contribution in [0.2, 0.25) is 0 Å². The monoisotopic (exact) mass is 237 g/mol. The van der Waals surface area contributed by atoms with Crippen molar-refractivity contribution >= 4 is 0 Å². The summed E-state index contributed by atoms with van der Waals surface area (Å²) in [7, 11) is 0. The van der Waals surface area contributed by atoms with Crippen molar-refractivity contribution in [1.29, 1.82) is 0 Å². The van der Waals surface area contributed by atoms with E-state index < -0.39 is 0 Å². The molecule has 2 heterocycles. The summed E-state index contributed by atoms with van der Waals surface area (Å²) in [6.07, 6.45) is 2.22. The first-order chi connectivity index (χ1) is 8.34. The topological polar surface area (TPSA) is 30.5 Å². The van der Waals surface area contributed by atoms with Gasteiger partial charge < -0.3 is 14.8 Å². The Morgan fingerprint density at radius 2 is 2.29 bits per heavy atom. The van der Waals surface area contributed by atoms with E-state index in [-0.39, 0.29) is 12.6 Å². The molecule has 1 atom stereocenters. The first kappa shape index (κ1) is 11.0. The van der Waals surface area contributed by atoms with Gasteiger partial charge in [-0.15, -0.1) is 0 Å². The van der Waals surface area contributed by atoms with Crippen LogP contribution in [0.25, 0.3) is 0 Å². The quantitative estimate of drug-likeness (QED) is 0.812. The van der Waals surface area contributed by atoms with Crippen molar-refractivity contribution in [3.63, 3.8) is 0 Å². The summed E-state index contributed by atoms with van der Waals surface area (Å²) >= 11 is 0. The average Bonchev–Trinajstić information content (AvgIpc) is 2.39. The Labute approximate surface area is 99.9 Å². The molecular formula is C13H16FNO2. The van der Waals surface area contributed by atoms with Crippen molar-refractivity contribution in [1.82, 2.24) is 5.32 Å². The minimum atomic E-state index is -0.196. The molecule has 3 nitrogen and oxygen atoms in total. The van der Waals surface area contributed by atoms with Crippen LogP contribution in [0.5, 0.6) is 5.75 Å². The average molecular weight is 237 g/mol. The minimum absolute atomic E-state index is 0.196. The lowest BCUT2D eigenvalue weighted by Gasteiger charge is -2.28. The summed E-state index contributed by atoms with van der Waals surface area (Å²) in [4.78, 5) is 0. The molecule has 92 valence electrons. The molecule has 1 unspecified atom stereocenters. The Balaban J connectivity index is 1.98. The van der Waals surface area contributed by atoms with Gasteiger partial charge in [-0.25, -0.2) is 4.39 Å². The number of rotatable bonds is 1. The van der Waals surface area contributed by atoms with E-state index in [2.05, 4.69) is 5.32 Å². The van der Waals surface area contributed by atoms with Gasteiger partial charge in [-0.05, 0) is 31.5 Å². The van der Waals surface area contributed by atoms with Crippen LogP contribution in [0.15, 0.2) is 12.1 Å². The van der Waals surface area contributed by atoms with Crippen LogP contribution in [0, 0.1) is 5.82 Å². The molecule has 1 N–H and O–H groups in total. The van der Waals surface area contributed by atoms with E-state index in [0.29, 0.717) is 12.5 Å². The Bertz CT molecular complexity index is 416. The summed E-state index contributed by atoms with van der Waals surface area (Å²) < 4.78 is 24.3. The van der Waals surface area contributed by atoms with Crippen LogP contribution in [0.1, 0.15) is 29.9 Å². The molecule has 0 bridgehead atoms. The standard InChI is InChI=1S/C13H16FNO2/c14-11-4-10-7-16-8-17-13(10)12(5-11)9-2-1-3-15-6-9/h4-5,9,15H,1-3,6-8H2. The van der Waals surface area contributed by atoms with Crippen LogP contribution in [0.3, 0.4) is 0 Å². The van der Waals surface area contributed by atoms with Gasteiger partial charge in [-0.1, -0.05) is 0 Å². The summed E-state index contributed by atoms with van der Waals surface area (Å²) in [6, 6.07) is 3.12. The van der Waals surface area contributed by atoms with E-state index in [1.165, 1.54) is 6.07 Å². The molecule has 2 aliphatic heterocycles. The largest absolute Gasteiger partial charge is 0.467 e. The van der Waals surface area contributed by atoms with Crippen molar-refractivity contribution in [2.45, 2.75) is 25.4 Å². The highest BCUT2D eigenvalue weighted by Gasteiger charge is 2.24. The molecule has 1 fully saturated rings. The van der Waals surface area contributed by atoms with Crippen LogP contribution < -0.4 is 10.1 Å². The number of hydrogen-bond donors (Lipinski definition) is 1. The van der Waals surface area contributed by atoms with Gasteiger partial charge in [0.1, 0.15) is 11.6 Å². The number of halogens is 1. The lowest BCUT2D eigenvalue weighted by atomic mass is 9.89. The fourth-order valence-corrected chi connectivity index (χ4v) is 2.63. The van der Waals surface area contributed by atoms with E-state index in [1.807, 2.05) is 0 Å². The first-order valence-electron chi connectivity index (χ1n) is 6.08. The van der Waals surface area contributed by atoms with Gasteiger partial charge in [0, 0.05) is 23.6 Å². The van der Waals surface area contributed by atoms with Crippen LogP contribution in [0.4, 0.5) is 4.39 Å². The zero-order valence-corrected chi connectivity index (χ0v) is 9.67. The lowest BCUT2D eigenvalue weighted by molar-refractivity contribution is -0.0175. The third-order valence-corrected chi connectivity index (χ3v) is 3.44. The van der Waals surface area contributed by atoms with E-state index >= 15 is 0 Å². The lowest BCUT2D eigenvalue weighted by Crippen LogP contribution is -2.29. The normalized spacial score (nSPS) is 23.9. The molecule has 2 aliphatic rings. The highest BCUT2D eigenvalue weighted by Crippen LogP contribution is 2.36. The van der Waals surface area contributed by atoms with Crippen LogP contribution in [-0.2, 0) is 11.3 Å². The Morgan fingerprint density at radius 1 is 1.35 bits per heavy atom. The highest BCUT2D eigenvalue weighted by molar-refractivity contribution is 5.44. The smallest absolute Gasteiger partial charge is 0.189 e. The predicted octanol–water partition coefficient (Wildman–Crippen LogP) is 2.16. The second kappa shape index (κ2) is 4.63. The molecule has 1 saturated heterocycles. The third-order valence-electron chi connectivity index (χ3n) is 3.44. The third kappa shape index (κ3) is 2.15. The summed E-state index contributed by atoms with van der Waals surface area (Å²) in [5.41, 5.74) is 1.83. The Hall–Kier alpha value is -1.13. The molecule has 3 rings (SSSR count). The van der Waals surface area contributed by atoms with Crippen LogP contribution >= 0.6 is 0 Å². The van der Waals surface area contributed by atoms with Crippen molar-refractivity contribution in [3.05, 3.63) is 29.1 Å². The van der Waals surface area contributed by atoms with E-state index in [4.69, 9.17) is 9.47 Å². The summed E-state index contributed by atoms with van der Waals surface area (Å²) in [5.74, 6) is 0.996. The summed E-state index contributed by atoms with van der Waals surface area (Å²) in [6.45, 7) is 2.67. The number of ether oxygens (including phenoxy) is 2. The van der Waals surface area contributed by atoms with Gasteiger partial charge in [0.15, 0.2) is 6.79 Å². The number of benzene rings is 1. The van der Waals surface area contributed by atoms with Gasteiger partial charge in [0.05, 0.1) is 6.61 Å². The second-order valence-electron chi connectivity index (χ2n) is 4.64. The first-order valence-corrected chi connectivity index (χ1v) is 6.08. The zero-order valence-electron chi connectivity index (χ0n) is 9.67. The number of hydrogen-bond acceptors (Lipinski definition) is 3. The fraction of sp³-hybridized carbons (Fsp3) is 0.538. The SMILES string of the molecule is Fc1cc2c(c(C3CCCNC3)c1)OCOC2. The molecule has 17 heavy (non-hydrogen) atoms. The molecule has 0 saturated carbocycles. The molecular weight excluding hydrogens is 221 g/mol. The van der Waals surface area contributed by atoms with Crippen molar-refractivity contribution < 1.29 is 13.9 Å². The minimum Gasteiger partial charge on any atom is -0.467 e. The number of nitrogens with one attached hydrogen (secondary N) is 1. The maximum Gasteiger partial charge on any atom is 0.189 e. The maximum atomic E-state index is 13.6. The molecule has 1 aromatic rings. The molecule has 0 amide bonds. The Morgan fingerprint density at radius 3 is 3.12 bits per heavy atom. The molecule has 1 aromatic carbocycles. The van der Waals surface area contributed by atoms with E-state index in [1.54, 1.807) is 6.07 Å². The van der Waals surface area contributed by atoms with Gasteiger partial charge in [0.2, 0.25) is 0 Å². The predicted molar refractivity (Wildman–Crippen MR) is 61.5 cm³/mol. The number of fused-ring (bicyclic) bond motifs is 1. The van der Waals surface area contributed by atoms with Gasteiger partial charge in [-0.2, -0.15) is 0 Å². The van der Waals surface area contributed by atoms with Crippen molar-refractivity contribution in [2.75, 3.05) is 19.9 Å². The number of piperidine rings is 1. The molecule has 0 aromatic heterocycles. The van der Waals surface area contributed by atoms with Crippen molar-refractivity contribution in [2.24, 2.45) is 0 Å². The Kier molecular flexibility index (Phi) is 2.99. The molecule has 0 aliphatic carbocycles. The molecule has 4 heteroatoms. The van der Waals surface area contributed by atoms with Gasteiger partial charge >= 0.3 is 0 Å². The second-order valence-corrected chi connectivity index (χ2v) is 4.64. The van der Waals surface area contributed by atoms with Crippen molar-refractivity contribution in [3.8, 4) is 5.75 Å². The van der Waals surface area contributed by atoms with Gasteiger partial charge in [-0.3, -0.25) is 0 Å². The summed E-state index contributed by atoms with van der Waals surface area (Å²) in [5, 5.41) is 3.35. The molecule has 0 spiro atoms. The van der Waals surface area contributed by atoms with Gasteiger partial charge in [0.25, 0.3) is 0 Å². The van der Waals surface area contributed by atoms with Crippen LogP contribution in [-0.4, -0.2) is 19.9 Å². The van der Waals surface area contributed by atoms with E-state index in [9.17, 15) is 4.39 Å². The van der Waals surface area contributed by atoms with E-state index in [0.717, 1.165) is 42.8 Å². The maximum absolute atomic E-state index is 13.6. The highest BCUT2D eigenvalue weighted by atomic mass is 19.1. The fourth-order valence-electron chi connectivity index (χ4n) is 2.63. The zero-order chi connectivity index (χ0) is 11.7. The molecule has 0 radical (unpaired) electrons.